The van der Waals surface area contributed by atoms with Gasteiger partial charge in [-0.3, -0.25) is 9.59 Å². The van der Waals surface area contributed by atoms with E-state index in [1.807, 2.05) is 13.8 Å². The van der Waals surface area contributed by atoms with Crippen LogP contribution in [0, 0.1) is 11.8 Å². The van der Waals surface area contributed by atoms with Gasteiger partial charge in [-0.05, 0) is 0 Å². The molecule has 0 unspecified atom stereocenters. The van der Waals surface area contributed by atoms with Crippen LogP contribution in [0.4, 0.5) is 0 Å². The average molecular weight is 204 g/mol. The predicted molar refractivity (Wildman–Crippen MR) is 53.8 cm³/mol. The largest absolute Gasteiger partial charge is 0.469 e. The van der Waals surface area contributed by atoms with Crippen LogP contribution in [0.1, 0.15) is 20.3 Å². The van der Waals surface area contributed by atoms with Gasteiger partial charge in [-0.1, -0.05) is 13.8 Å². The van der Waals surface area contributed by atoms with E-state index in [9.17, 15) is 9.59 Å². The van der Waals surface area contributed by atoms with E-state index in [4.69, 9.17) is 0 Å². The third-order valence-electron chi connectivity index (χ3n) is 1.85. The highest BCUT2D eigenvalue weighted by atomic mass is 32.1. The number of ether oxygens (including phenoxy) is 1. The molecule has 1 atom stereocenters. The number of carbonyl (C=O) groups is 2. The van der Waals surface area contributed by atoms with E-state index in [1.54, 1.807) is 0 Å². The van der Waals surface area contributed by atoms with E-state index in [-0.39, 0.29) is 24.1 Å². The van der Waals surface area contributed by atoms with Crippen molar-refractivity contribution in [1.29, 1.82) is 0 Å². The fourth-order valence-corrected chi connectivity index (χ4v) is 1.15. The van der Waals surface area contributed by atoms with Crippen molar-refractivity contribution in [3.05, 3.63) is 0 Å². The molecule has 13 heavy (non-hydrogen) atoms. The molecule has 0 aromatic carbocycles. The molecule has 0 aliphatic heterocycles. The molecule has 0 aromatic heterocycles. The van der Waals surface area contributed by atoms with Gasteiger partial charge in [-0.25, -0.2) is 0 Å². The van der Waals surface area contributed by atoms with Crippen LogP contribution in [0.5, 0.6) is 0 Å². The molecule has 0 heterocycles. The third-order valence-corrected chi connectivity index (χ3v) is 2.29. The van der Waals surface area contributed by atoms with Crippen LogP contribution < -0.4 is 0 Å². The Kier molecular flexibility index (Phi) is 5.79. The minimum Gasteiger partial charge on any atom is -0.469 e. The summed E-state index contributed by atoms with van der Waals surface area (Å²) in [5, 5.41) is 0. The molecule has 0 N–H and O–H groups in total. The van der Waals surface area contributed by atoms with Gasteiger partial charge in [-0.2, -0.15) is 12.6 Å². The molecular weight excluding hydrogens is 188 g/mol. The first-order chi connectivity index (χ1) is 6.02. The van der Waals surface area contributed by atoms with E-state index < -0.39 is 5.92 Å². The standard InChI is InChI=1S/C9H16O3S/c1-6(2)8(10)4-7(5-13)9(11)12-3/h6-7,13H,4-5H2,1-3H3/t7-/m0/s1. The first-order valence-corrected chi connectivity index (χ1v) is 4.87. The normalized spacial score (nSPS) is 12.7. The molecule has 0 aliphatic rings. The van der Waals surface area contributed by atoms with Crippen LogP contribution in [0.3, 0.4) is 0 Å². The van der Waals surface area contributed by atoms with E-state index in [2.05, 4.69) is 17.4 Å². The maximum absolute atomic E-state index is 11.3. The SMILES string of the molecule is COC(=O)[C@H](CS)CC(=O)C(C)C. The smallest absolute Gasteiger partial charge is 0.309 e. The summed E-state index contributed by atoms with van der Waals surface area (Å²) in [7, 11) is 1.32. The quantitative estimate of drug-likeness (QED) is 0.542. The fourth-order valence-electron chi connectivity index (χ4n) is 0.868. The average Bonchev–Trinajstić information content (AvgIpc) is 2.12. The number of thiol groups is 1. The number of Topliss-reactive ketones (excluding diaryl/α,β-unsaturated/α-hetero) is 1. The summed E-state index contributed by atoms with van der Waals surface area (Å²) < 4.78 is 4.54. The molecule has 0 saturated carbocycles. The molecule has 0 aromatic rings. The van der Waals surface area contributed by atoms with E-state index in [0.29, 0.717) is 5.75 Å². The summed E-state index contributed by atoms with van der Waals surface area (Å²) in [6.07, 6.45) is 0.230. The first kappa shape index (κ1) is 12.5. The first-order valence-electron chi connectivity index (χ1n) is 4.24. The molecule has 4 heteroatoms. The highest BCUT2D eigenvalue weighted by Gasteiger charge is 2.22. The van der Waals surface area contributed by atoms with Crippen LogP contribution in [-0.2, 0) is 14.3 Å². The lowest BCUT2D eigenvalue weighted by molar-refractivity contribution is -0.146. The van der Waals surface area contributed by atoms with Crippen LogP contribution in [-0.4, -0.2) is 24.6 Å². The molecule has 0 fully saturated rings. The lowest BCUT2D eigenvalue weighted by Gasteiger charge is -2.12. The van der Waals surface area contributed by atoms with Gasteiger partial charge >= 0.3 is 5.97 Å². The highest BCUT2D eigenvalue weighted by molar-refractivity contribution is 7.80. The highest BCUT2D eigenvalue weighted by Crippen LogP contribution is 2.11. The second-order valence-corrected chi connectivity index (χ2v) is 3.59. The van der Waals surface area contributed by atoms with Crippen LogP contribution in [0.25, 0.3) is 0 Å². The zero-order chi connectivity index (χ0) is 10.4. The zero-order valence-electron chi connectivity index (χ0n) is 8.24. The number of rotatable bonds is 5. The summed E-state index contributed by atoms with van der Waals surface area (Å²) in [6, 6.07) is 0. The summed E-state index contributed by atoms with van der Waals surface area (Å²) >= 11 is 4.00. The van der Waals surface area contributed by atoms with Crippen LogP contribution in [0.15, 0.2) is 0 Å². The molecule has 0 saturated heterocycles. The lowest BCUT2D eigenvalue weighted by atomic mass is 9.98. The summed E-state index contributed by atoms with van der Waals surface area (Å²) in [5.41, 5.74) is 0. The van der Waals surface area contributed by atoms with Crippen molar-refractivity contribution in [3.8, 4) is 0 Å². The number of hydrogen-bond donors (Lipinski definition) is 1. The summed E-state index contributed by atoms with van der Waals surface area (Å²) in [6.45, 7) is 3.63. The summed E-state index contributed by atoms with van der Waals surface area (Å²) in [5.74, 6) is -0.366. The number of ketones is 1. The number of carbonyl (C=O) groups excluding carboxylic acids is 2. The Labute approximate surface area is 84.3 Å². The van der Waals surface area contributed by atoms with Gasteiger partial charge in [0.05, 0.1) is 13.0 Å². The number of esters is 1. The van der Waals surface area contributed by atoms with Crippen molar-refractivity contribution in [2.45, 2.75) is 20.3 Å². The second kappa shape index (κ2) is 6.02. The predicted octanol–water partition coefficient (Wildman–Crippen LogP) is 1.32. The van der Waals surface area contributed by atoms with Crippen LogP contribution >= 0.6 is 12.6 Å². The topological polar surface area (TPSA) is 43.4 Å². The summed E-state index contributed by atoms with van der Waals surface area (Å²) in [4.78, 5) is 22.4. The Morgan fingerprint density at radius 3 is 2.23 bits per heavy atom. The van der Waals surface area contributed by atoms with Gasteiger partial charge in [0, 0.05) is 18.1 Å². The fraction of sp³-hybridized carbons (Fsp3) is 0.778. The van der Waals surface area contributed by atoms with Crippen molar-refractivity contribution in [2.75, 3.05) is 12.9 Å². The molecule has 0 radical (unpaired) electrons. The third kappa shape index (κ3) is 4.31. The Morgan fingerprint density at radius 1 is 1.38 bits per heavy atom. The van der Waals surface area contributed by atoms with Crippen molar-refractivity contribution in [3.63, 3.8) is 0 Å². The van der Waals surface area contributed by atoms with Crippen molar-refractivity contribution in [1.82, 2.24) is 0 Å². The van der Waals surface area contributed by atoms with Crippen molar-refractivity contribution < 1.29 is 14.3 Å². The zero-order valence-corrected chi connectivity index (χ0v) is 9.14. The molecule has 0 rings (SSSR count). The Balaban J connectivity index is 4.13. The molecule has 0 bridgehead atoms. The maximum atomic E-state index is 11.3. The van der Waals surface area contributed by atoms with Gasteiger partial charge in [0.25, 0.3) is 0 Å². The lowest BCUT2D eigenvalue weighted by Crippen LogP contribution is -2.23. The van der Waals surface area contributed by atoms with Gasteiger partial charge in [-0.15, -0.1) is 0 Å². The monoisotopic (exact) mass is 204 g/mol. The maximum Gasteiger partial charge on any atom is 0.309 e. The molecular formula is C9H16O3S. The van der Waals surface area contributed by atoms with Gasteiger partial charge in [0.15, 0.2) is 0 Å². The Hall–Kier alpha value is -0.510. The minimum atomic E-state index is -0.400. The second-order valence-electron chi connectivity index (χ2n) is 3.23. The molecule has 0 amide bonds. The van der Waals surface area contributed by atoms with Crippen LogP contribution in [0.2, 0.25) is 0 Å². The molecule has 0 spiro atoms. The van der Waals surface area contributed by atoms with Gasteiger partial charge in [0.1, 0.15) is 5.78 Å². The van der Waals surface area contributed by atoms with E-state index >= 15 is 0 Å². The van der Waals surface area contributed by atoms with E-state index in [0.717, 1.165) is 0 Å². The number of methoxy groups -OCH3 is 1. The minimum absolute atomic E-state index is 0.0351. The van der Waals surface area contributed by atoms with Crippen molar-refractivity contribution in [2.24, 2.45) is 11.8 Å². The molecule has 76 valence electrons. The van der Waals surface area contributed by atoms with E-state index in [1.165, 1.54) is 7.11 Å². The number of hydrogen-bond acceptors (Lipinski definition) is 4. The van der Waals surface area contributed by atoms with Gasteiger partial charge < -0.3 is 4.74 Å². The Bertz CT molecular complexity index is 189. The molecule has 3 nitrogen and oxygen atoms in total. The van der Waals surface area contributed by atoms with Gasteiger partial charge in [0.2, 0.25) is 0 Å². The molecule has 0 aliphatic carbocycles. The van der Waals surface area contributed by atoms with Crippen molar-refractivity contribution >= 4 is 24.4 Å². The Morgan fingerprint density at radius 2 is 1.92 bits per heavy atom.